The lowest BCUT2D eigenvalue weighted by Crippen LogP contribution is -2.17. The largest absolute Gasteiger partial charge is 0.369 e. The average Bonchev–Trinajstić information content (AvgIpc) is 2.95. The normalized spacial score (nSPS) is 15.5. The molecule has 0 bridgehead atoms. The van der Waals surface area contributed by atoms with Gasteiger partial charge in [-0.3, -0.25) is 4.79 Å². The number of hydrogen-bond acceptors (Lipinski definition) is 3. The van der Waals surface area contributed by atoms with E-state index >= 15 is 0 Å². The number of rotatable bonds is 6. The van der Waals surface area contributed by atoms with Crippen LogP contribution in [0, 0.1) is 5.92 Å². The Bertz CT molecular complexity index is 414. The monoisotopic (exact) mass is 244 g/mol. The Morgan fingerprint density at radius 3 is 2.76 bits per heavy atom. The summed E-state index contributed by atoms with van der Waals surface area (Å²) in [6.45, 7) is -0.478. The molecular weight excluding hydrogens is 230 g/mol. The zero-order valence-electron chi connectivity index (χ0n) is 9.27. The van der Waals surface area contributed by atoms with Crippen LogP contribution in [-0.4, -0.2) is 27.3 Å². The van der Waals surface area contributed by atoms with E-state index in [1.165, 1.54) is 4.68 Å². The van der Waals surface area contributed by atoms with Crippen molar-refractivity contribution in [3.05, 3.63) is 11.4 Å². The summed E-state index contributed by atoms with van der Waals surface area (Å²) in [6.07, 6.45) is 0.329. The van der Waals surface area contributed by atoms with Crippen LogP contribution in [0.15, 0.2) is 0 Å². The molecule has 17 heavy (non-hydrogen) atoms. The van der Waals surface area contributed by atoms with Gasteiger partial charge in [0.25, 0.3) is 6.43 Å². The predicted molar refractivity (Wildman–Crippen MR) is 55.4 cm³/mol. The first-order valence-electron chi connectivity index (χ1n) is 5.54. The number of aromatic nitrogens is 3. The van der Waals surface area contributed by atoms with Crippen LogP contribution in [0.3, 0.4) is 0 Å². The smallest absolute Gasteiger partial charge is 0.257 e. The lowest BCUT2D eigenvalue weighted by molar-refractivity contribution is -0.117. The summed E-state index contributed by atoms with van der Waals surface area (Å²) in [5, 5.41) is 7.44. The van der Waals surface area contributed by atoms with Gasteiger partial charge in [-0.2, -0.15) is 0 Å². The van der Waals surface area contributed by atoms with Gasteiger partial charge < -0.3 is 5.73 Å². The maximum Gasteiger partial charge on any atom is 0.257 e. The van der Waals surface area contributed by atoms with Gasteiger partial charge in [-0.1, -0.05) is 5.21 Å². The van der Waals surface area contributed by atoms with Crippen LogP contribution in [0.4, 0.5) is 8.78 Å². The Labute approximate surface area is 97.0 Å². The van der Waals surface area contributed by atoms with Crippen molar-refractivity contribution in [1.29, 1.82) is 0 Å². The van der Waals surface area contributed by atoms with Crippen molar-refractivity contribution in [1.82, 2.24) is 15.0 Å². The van der Waals surface area contributed by atoms with Crippen molar-refractivity contribution in [2.75, 3.05) is 0 Å². The molecule has 1 aromatic heterocycles. The number of halogens is 2. The first-order valence-corrected chi connectivity index (χ1v) is 5.54. The second-order valence-corrected chi connectivity index (χ2v) is 4.35. The van der Waals surface area contributed by atoms with Gasteiger partial charge >= 0.3 is 0 Å². The molecule has 0 aromatic carbocycles. The highest BCUT2D eigenvalue weighted by Gasteiger charge is 2.26. The summed E-state index contributed by atoms with van der Waals surface area (Å²) in [7, 11) is 0. The molecule has 1 aliphatic rings. The highest BCUT2D eigenvalue weighted by molar-refractivity contribution is 5.76. The summed E-state index contributed by atoms with van der Waals surface area (Å²) >= 11 is 0. The Morgan fingerprint density at radius 2 is 2.24 bits per heavy atom. The summed E-state index contributed by atoms with van der Waals surface area (Å²) in [4.78, 5) is 10.9. The minimum Gasteiger partial charge on any atom is -0.369 e. The number of alkyl halides is 2. The molecule has 1 aromatic rings. The van der Waals surface area contributed by atoms with E-state index in [1.807, 2.05) is 0 Å². The van der Waals surface area contributed by atoms with Crippen LogP contribution >= 0.6 is 0 Å². The van der Waals surface area contributed by atoms with Gasteiger partial charge in [0, 0.05) is 0 Å². The Hall–Kier alpha value is -1.53. The van der Waals surface area contributed by atoms with E-state index in [-0.39, 0.29) is 6.42 Å². The molecule has 1 fully saturated rings. The third-order valence-corrected chi connectivity index (χ3v) is 2.75. The molecule has 0 unspecified atom stereocenters. The van der Waals surface area contributed by atoms with Gasteiger partial charge in [-0.25, -0.2) is 13.5 Å². The zero-order chi connectivity index (χ0) is 12.4. The maximum atomic E-state index is 12.3. The van der Waals surface area contributed by atoms with Crippen molar-refractivity contribution in [2.24, 2.45) is 11.7 Å². The molecule has 2 N–H and O–H groups in total. The number of carbonyl (C=O) groups excluding carboxylic acids is 1. The van der Waals surface area contributed by atoms with E-state index in [9.17, 15) is 13.6 Å². The van der Waals surface area contributed by atoms with Crippen molar-refractivity contribution in [3.8, 4) is 0 Å². The Kier molecular flexibility index (Phi) is 3.35. The summed E-state index contributed by atoms with van der Waals surface area (Å²) in [6, 6.07) is 0. The van der Waals surface area contributed by atoms with Crippen molar-refractivity contribution >= 4 is 5.91 Å². The highest BCUT2D eigenvalue weighted by atomic mass is 19.3. The molecule has 0 atom stereocenters. The Morgan fingerprint density at radius 1 is 1.53 bits per heavy atom. The third kappa shape index (κ3) is 3.21. The van der Waals surface area contributed by atoms with Gasteiger partial charge in [0.1, 0.15) is 6.54 Å². The fourth-order valence-electron chi connectivity index (χ4n) is 1.77. The number of nitrogens with two attached hydrogens (primary N) is 1. The molecule has 1 amide bonds. The fourth-order valence-corrected chi connectivity index (χ4v) is 1.77. The number of amides is 1. The van der Waals surface area contributed by atoms with Crippen molar-refractivity contribution in [2.45, 2.75) is 38.7 Å². The fraction of sp³-hybridized carbons (Fsp3) is 0.700. The number of carbonyl (C=O) groups is 1. The van der Waals surface area contributed by atoms with Gasteiger partial charge in [0.15, 0.2) is 0 Å². The summed E-state index contributed by atoms with van der Waals surface area (Å²) in [5.74, 6) is -0.0114. The number of nitrogens with zero attached hydrogens (tertiary/aromatic N) is 3. The maximum absolute atomic E-state index is 12.3. The number of primary amides is 1. The molecule has 7 heteroatoms. The highest BCUT2D eigenvalue weighted by Crippen LogP contribution is 2.33. The number of hydrogen-bond donors (Lipinski definition) is 1. The van der Waals surface area contributed by atoms with Crippen LogP contribution in [0.2, 0.25) is 0 Å². The first-order chi connectivity index (χ1) is 8.06. The van der Waals surface area contributed by atoms with Crippen molar-refractivity contribution < 1.29 is 13.6 Å². The molecule has 0 radical (unpaired) electrons. The SMILES string of the molecule is NC(=O)Cc1nnn(CC(F)F)c1CC1CC1. The van der Waals surface area contributed by atoms with Crippen LogP contribution in [0.5, 0.6) is 0 Å². The molecule has 5 nitrogen and oxygen atoms in total. The second-order valence-electron chi connectivity index (χ2n) is 4.35. The van der Waals surface area contributed by atoms with E-state index in [4.69, 9.17) is 5.73 Å². The van der Waals surface area contributed by atoms with Crippen molar-refractivity contribution in [3.63, 3.8) is 0 Å². The standard InChI is InChI=1S/C10H14F2N4O/c11-9(12)5-16-8(3-6-1-2-6)7(14-15-16)4-10(13)17/h6,9H,1-5H2,(H2,13,17). The van der Waals surface area contributed by atoms with Crippen LogP contribution in [0.1, 0.15) is 24.2 Å². The lowest BCUT2D eigenvalue weighted by atomic mass is 10.1. The molecule has 1 aliphatic carbocycles. The van der Waals surface area contributed by atoms with E-state index in [0.29, 0.717) is 23.7 Å². The molecular formula is C10H14F2N4O. The molecule has 1 heterocycles. The molecule has 2 rings (SSSR count). The average molecular weight is 244 g/mol. The molecule has 1 saturated carbocycles. The van der Waals surface area contributed by atoms with E-state index in [1.54, 1.807) is 0 Å². The predicted octanol–water partition coefficient (Wildman–Crippen LogP) is 0.523. The summed E-state index contributed by atoms with van der Waals surface area (Å²) < 4.78 is 25.9. The zero-order valence-corrected chi connectivity index (χ0v) is 9.27. The van der Waals surface area contributed by atoms with Crippen LogP contribution in [0.25, 0.3) is 0 Å². The molecule has 0 saturated heterocycles. The van der Waals surface area contributed by atoms with Gasteiger partial charge in [-0.15, -0.1) is 5.10 Å². The third-order valence-electron chi connectivity index (χ3n) is 2.75. The van der Waals surface area contributed by atoms with Crippen LogP contribution < -0.4 is 5.73 Å². The van der Waals surface area contributed by atoms with Gasteiger partial charge in [0.05, 0.1) is 17.8 Å². The molecule has 0 aliphatic heterocycles. The molecule has 94 valence electrons. The van der Waals surface area contributed by atoms with Gasteiger partial charge in [0.2, 0.25) is 5.91 Å². The first kappa shape index (κ1) is 11.9. The quantitative estimate of drug-likeness (QED) is 0.793. The van der Waals surface area contributed by atoms with Gasteiger partial charge in [-0.05, 0) is 25.2 Å². The topological polar surface area (TPSA) is 73.8 Å². The van der Waals surface area contributed by atoms with E-state index in [2.05, 4.69) is 10.3 Å². The second kappa shape index (κ2) is 4.77. The van der Waals surface area contributed by atoms with E-state index < -0.39 is 18.9 Å². The molecule has 0 spiro atoms. The Balaban J connectivity index is 2.18. The lowest BCUT2D eigenvalue weighted by Gasteiger charge is -2.06. The summed E-state index contributed by atoms with van der Waals surface area (Å²) in [5.41, 5.74) is 6.15. The minimum absolute atomic E-state index is 0.0364. The van der Waals surface area contributed by atoms with E-state index in [0.717, 1.165) is 12.8 Å². The minimum atomic E-state index is -2.48. The van der Waals surface area contributed by atoms with Crippen LogP contribution in [-0.2, 0) is 24.2 Å².